The van der Waals surface area contributed by atoms with Crippen molar-refractivity contribution in [1.29, 1.82) is 0 Å². The summed E-state index contributed by atoms with van der Waals surface area (Å²) in [6.07, 6.45) is -4.83. The molecule has 0 heterocycles. The monoisotopic (exact) mass is 283 g/mol. The van der Waals surface area contributed by atoms with E-state index in [1.165, 1.54) is 11.9 Å². The minimum atomic E-state index is -4.83. The Hall–Kier alpha value is -1.30. The number of carbonyl (C=O) groups is 1. The molecule has 0 fully saturated rings. The van der Waals surface area contributed by atoms with Crippen LogP contribution in [0.4, 0.5) is 17.6 Å². The van der Waals surface area contributed by atoms with Crippen LogP contribution in [0.5, 0.6) is 0 Å². The van der Waals surface area contributed by atoms with Gasteiger partial charge in [-0.2, -0.15) is 13.2 Å². The number of rotatable bonds is 3. The first-order chi connectivity index (χ1) is 8.27. The minimum Gasteiger partial charge on any atom is -0.341 e. The van der Waals surface area contributed by atoms with Crippen LogP contribution in [-0.2, 0) is 6.18 Å². The van der Waals surface area contributed by atoms with Crippen molar-refractivity contribution >= 4 is 17.5 Å². The van der Waals surface area contributed by atoms with Gasteiger partial charge in [0.05, 0.1) is 5.56 Å². The third-order valence-corrected chi connectivity index (χ3v) is 2.45. The average Bonchev–Trinajstić information content (AvgIpc) is 2.27. The Bertz CT molecular complexity index is 447. The zero-order chi connectivity index (χ0) is 13.9. The highest BCUT2D eigenvalue weighted by molar-refractivity contribution is 6.18. The molecule has 0 radical (unpaired) electrons. The van der Waals surface area contributed by atoms with Gasteiger partial charge in [-0.25, -0.2) is 4.39 Å². The van der Waals surface area contributed by atoms with Crippen molar-refractivity contribution in [3.63, 3.8) is 0 Å². The van der Waals surface area contributed by atoms with Crippen LogP contribution in [0.3, 0.4) is 0 Å². The lowest BCUT2D eigenvalue weighted by atomic mass is 10.1. The predicted octanol–water partition coefficient (Wildman–Crippen LogP) is 3.16. The molecule has 0 unspecified atom stereocenters. The number of hydrogen-bond donors (Lipinski definition) is 0. The molecule has 7 heteroatoms. The lowest BCUT2D eigenvalue weighted by Crippen LogP contribution is -2.28. The quantitative estimate of drug-likeness (QED) is 0.616. The van der Waals surface area contributed by atoms with Crippen LogP contribution >= 0.6 is 11.6 Å². The van der Waals surface area contributed by atoms with E-state index in [2.05, 4.69) is 0 Å². The molecule has 0 saturated carbocycles. The van der Waals surface area contributed by atoms with Gasteiger partial charge in [0.2, 0.25) is 0 Å². The summed E-state index contributed by atoms with van der Waals surface area (Å²) < 4.78 is 50.4. The molecule has 0 saturated heterocycles. The van der Waals surface area contributed by atoms with Crippen molar-refractivity contribution in [2.75, 3.05) is 19.5 Å². The number of halogens is 5. The van der Waals surface area contributed by atoms with Gasteiger partial charge in [-0.05, 0) is 18.2 Å². The number of benzene rings is 1. The van der Waals surface area contributed by atoms with E-state index >= 15 is 0 Å². The first kappa shape index (κ1) is 14.8. The molecule has 100 valence electrons. The maximum atomic E-state index is 13.0. The van der Waals surface area contributed by atoms with Crippen molar-refractivity contribution in [3.05, 3.63) is 35.1 Å². The molecule has 1 aromatic rings. The van der Waals surface area contributed by atoms with E-state index in [0.29, 0.717) is 12.1 Å². The molecule has 2 nitrogen and oxygen atoms in total. The Kier molecular flexibility index (Phi) is 4.56. The smallest absolute Gasteiger partial charge is 0.341 e. The maximum Gasteiger partial charge on any atom is 0.419 e. The van der Waals surface area contributed by atoms with E-state index in [-0.39, 0.29) is 18.0 Å². The topological polar surface area (TPSA) is 20.3 Å². The van der Waals surface area contributed by atoms with Gasteiger partial charge in [-0.15, -0.1) is 11.6 Å². The molecular formula is C11H10ClF4NO. The third kappa shape index (κ3) is 3.35. The number of carbonyl (C=O) groups excluding carboxylic acids is 1. The lowest BCUT2D eigenvalue weighted by molar-refractivity contribution is -0.140. The van der Waals surface area contributed by atoms with Crippen LogP contribution < -0.4 is 0 Å². The van der Waals surface area contributed by atoms with Crippen molar-refractivity contribution in [3.8, 4) is 0 Å². The van der Waals surface area contributed by atoms with Gasteiger partial charge in [-0.3, -0.25) is 4.79 Å². The number of hydrogen-bond acceptors (Lipinski definition) is 1. The average molecular weight is 284 g/mol. The Morgan fingerprint density at radius 1 is 1.39 bits per heavy atom. The van der Waals surface area contributed by atoms with E-state index in [4.69, 9.17) is 11.6 Å². The number of amides is 1. The maximum absolute atomic E-state index is 13.0. The van der Waals surface area contributed by atoms with E-state index < -0.39 is 23.5 Å². The zero-order valence-corrected chi connectivity index (χ0v) is 10.1. The van der Waals surface area contributed by atoms with Crippen LogP contribution in [-0.4, -0.2) is 30.3 Å². The van der Waals surface area contributed by atoms with E-state index in [1.54, 1.807) is 0 Å². The highest BCUT2D eigenvalue weighted by Gasteiger charge is 2.34. The molecule has 0 aliphatic rings. The fraction of sp³-hybridized carbons (Fsp3) is 0.364. The van der Waals surface area contributed by atoms with Crippen LogP contribution in [0.15, 0.2) is 18.2 Å². The molecular weight excluding hydrogens is 274 g/mol. The molecule has 1 aromatic carbocycles. The Labute approximate surface area is 106 Å². The Balaban J connectivity index is 3.09. The summed E-state index contributed by atoms with van der Waals surface area (Å²) in [5.74, 6) is -1.88. The summed E-state index contributed by atoms with van der Waals surface area (Å²) in [6.45, 7) is 0.194. The first-order valence-electron chi connectivity index (χ1n) is 4.95. The van der Waals surface area contributed by atoms with Gasteiger partial charge in [0.15, 0.2) is 0 Å². The highest BCUT2D eigenvalue weighted by atomic mass is 35.5. The second-order valence-corrected chi connectivity index (χ2v) is 3.99. The highest BCUT2D eigenvalue weighted by Crippen LogP contribution is 2.32. The molecule has 1 amide bonds. The Morgan fingerprint density at radius 3 is 2.50 bits per heavy atom. The third-order valence-electron chi connectivity index (χ3n) is 2.29. The molecule has 0 spiro atoms. The fourth-order valence-corrected chi connectivity index (χ4v) is 1.58. The summed E-state index contributed by atoms with van der Waals surface area (Å²) >= 11 is 5.42. The van der Waals surface area contributed by atoms with Crippen molar-refractivity contribution in [2.24, 2.45) is 0 Å². The summed E-state index contributed by atoms with van der Waals surface area (Å²) in [7, 11) is 1.40. The zero-order valence-electron chi connectivity index (χ0n) is 9.39. The Morgan fingerprint density at radius 2 is 2.00 bits per heavy atom. The van der Waals surface area contributed by atoms with Gasteiger partial charge in [0.1, 0.15) is 5.82 Å². The van der Waals surface area contributed by atoms with Crippen molar-refractivity contribution in [2.45, 2.75) is 6.18 Å². The first-order valence-corrected chi connectivity index (χ1v) is 5.49. The van der Waals surface area contributed by atoms with E-state index in [9.17, 15) is 22.4 Å². The molecule has 1 rings (SSSR count). The van der Waals surface area contributed by atoms with Crippen LogP contribution in [0, 0.1) is 5.82 Å². The second-order valence-electron chi connectivity index (χ2n) is 3.61. The normalized spacial score (nSPS) is 11.4. The molecule has 0 aliphatic carbocycles. The van der Waals surface area contributed by atoms with Crippen LogP contribution in [0.25, 0.3) is 0 Å². The summed E-state index contributed by atoms with van der Waals surface area (Å²) in [5.41, 5.74) is -1.68. The minimum absolute atomic E-state index is 0.162. The van der Waals surface area contributed by atoms with Crippen molar-refractivity contribution in [1.82, 2.24) is 4.90 Å². The number of alkyl halides is 4. The van der Waals surface area contributed by atoms with Gasteiger partial charge in [0, 0.05) is 25.0 Å². The lowest BCUT2D eigenvalue weighted by Gasteiger charge is -2.16. The van der Waals surface area contributed by atoms with E-state index in [0.717, 1.165) is 6.07 Å². The molecule has 0 aliphatic heterocycles. The SMILES string of the molecule is CN(CCCl)C(=O)c1ccc(F)c(C(F)(F)F)c1. The largest absolute Gasteiger partial charge is 0.419 e. The van der Waals surface area contributed by atoms with Crippen LogP contribution in [0.1, 0.15) is 15.9 Å². The molecule has 0 atom stereocenters. The molecule has 0 N–H and O–H groups in total. The van der Waals surface area contributed by atoms with Gasteiger partial charge in [-0.1, -0.05) is 0 Å². The summed E-state index contributed by atoms with van der Waals surface area (Å²) in [5, 5.41) is 0. The molecule has 18 heavy (non-hydrogen) atoms. The molecule has 0 aromatic heterocycles. The second kappa shape index (κ2) is 5.56. The standard InChI is InChI=1S/C11H10ClF4NO/c1-17(5-4-12)10(18)7-2-3-9(13)8(6-7)11(14,15)16/h2-3,6H,4-5H2,1H3. The fourth-order valence-electron chi connectivity index (χ4n) is 1.32. The van der Waals surface area contributed by atoms with Crippen molar-refractivity contribution < 1.29 is 22.4 Å². The van der Waals surface area contributed by atoms with Gasteiger partial charge >= 0.3 is 6.18 Å². The predicted molar refractivity (Wildman–Crippen MR) is 59.1 cm³/mol. The number of nitrogens with zero attached hydrogens (tertiary/aromatic N) is 1. The van der Waals surface area contributed by atoms with Gasteiger partial charge in [0.25, 0.3) is 5.91 Å². The van der Waals surface area contributed by atoms with Crippen LogP contribution in [0.2, 0.25) is 0 Å². The van der Waals surface area contributed by atoms with E-state index in [1.807, 2.05) is 0 Å². The summed E-state index contributed by atoms with van der Waals surface area (Å²) in [6, 6.07) is 2.14. The van der Waals surface area contributed by atoms with Gasteiger partial charge < -0.3 is 4.90 Å². The molecule has 0 bridgehead atoms. The summed E-state index contributed by atoms with van der Waals surface area (Å²) in [4.78, 5) is 12.9.